The molecule has 0 bridgehead atoms. The summed E-state index contributed by atoms with van der Waals surface area (Å²) in [5.74, 6) is 0.809. The van der Waals surface area contributed by atoms with Crippen LogP contribution in [0, 0.1) is 0 Å². The summed E-state index contributed by atoms with van der Waals surface area (Å²) in [5.41, 5.74) is 2.09. The summed E-state index contributed by atoms with van der Waals surface area (Å²) < 4.78 is 12.0. The Hall–Kier alpha value is -2.21. The number of ether oxygens (including phenoxy) is 2. The number of amides is 1. The Morgan fingerprint density at radius 2 is 2.14 bits per heavy atom. The summed E-state index contributed by atoms with van der Waals surface area (Å²) in [6.45, 7) is 10.2. The summed E-state index contributed by atoms with van der Waals surface area (Å²) >= 11 is 0. The van der Waals surface area contributed by atoms with E-state index in [1.54, 1.807) is 11.0 Å². The Labute approximate surface area is 166 Å². The van der Waals surface area contributed by atoms with Crippen molar-refractivity contribution in [3.8, 4) is 11.5 Å². The van der Waals surface area contributed by atoms with Crippen LogP contribution in [0.4, 0.5) is 4.79 Å². The van der Waals surface area contributed by atoms with Crippen LogP contribution in [0.25, 0.3) is 0 Å². The number of aromatic hydroxyl groups is 1. The van der Waals surface area contributed by atoms with E-state index >= 15 is 0 Å². The Morgan fingerprint density at radius 1 is 1.36 bits per heavy atom. The molecule has 1 aromatic rings. The smallest absolute Gasteiger partial charge is 0.410 e. The predicted molar refractivity (Wildman–Crippen MR) is 107 cm³/mol. The molecule has 6 heteroatoms. The van der Waals surface area contributed by atoms with Crippen molar-refractivity contribution in [1.82, 2.24) is 9.80 Å². The van der Waals surface area contributed by atoms with Crippen molar-refractivity contribution in [3.63, 3.8) is 0 Å². The maximum atomic E-state index is 12.4. The number of nitrogens with zero attached hydrogens (tertiary/aromatic N) is 2. The highest BCUT2D eigenvalue weighted by Gasteiger charge is 2.53. The molecular weight excluding hydrogens is 356 g/mol. The van der Waals surface area contributed by atoms with Crippen LogP contribution < -0.4 is 4.74 Å². The molecule has 0 radical (unpaired) electrons. The first-order valence-electron chi connectivity index (χ1n) is 10.4. The fraction of sp³-hybridized carbons (Fsp3) is 0.591. The molecule has 1 N–H and O–H groups in total. The van der Waals surface area contributed by atoms with Crippen LogP contribution >= 0.6 is 0 Å². The molecule has 0 aromatic heterocycles. The summed E-state index contributed by atoms with van der Waals surface area (Å²) in [4.78, 5) is 16.5. The third kappa shape index (κ3) is 2.94. The fourth-order valence-electron chi connectivity index (χ4n) is 4.88. The molecule has 152 valence electrons. The number of hydrogen-bond donors (Lipinski definition) is 1. The van der Waals surface area contributed by atoms with E-state index in [4.69, 9.17) is 9.47 Å². The topological polar surface area (TPSA) is 62.2 Å². The van der Waals surface area contributed by atoms with Gasteiger partial charge in [-0.05, 0) is 51.1 Å². The zero-order valence-corrected chi connectivity index (χ0v) is 17.0. The Balaban J connectivity index is 1.65. The lowest BCUT2D eigenvalue weighted by Crippen LogP contribution is -2.45. The summed E-state index contributed by atoms with van der Waals surface area (Å²) in [6.07, 6.45) is 5.00. The molecule has 2 heterocycles. The first kappa shape index (κ1) is 19.1. The zero-order chi connectivity index (χ0) is 19.9. The third-order valence-electron chi connectivity index (χ3n) is 6.53. The molecule has 3 atom stereocenters. The van der Waals surface area contributed by atoms with E-state index in [1.807, 2.05) is 26.0 Å². The Morgan fingerprint density at radius 3 is 2.86 bits per heavy atom. The highest BCUT2D eigenvalue weighted by atomic mass is 16.6. The van der Waals surface area contributed by atoms with Crippen molar-refractivity contribution >= 4 is 6.09 Å². The SMILES string of the molecule is CCN1CC[C@@]23C=C[C@H](OC(=O)N(CC)CC)C[C@@H]2Oc2c(O)ccc(c23)C1. The molecule has 6 nitrogen and oxygen atoms in total. The van der Waals surface area contributed by atoms with Gasteiger partial charge in [0.1, 0.15) is 12.2 Å². The second-order valence-electron chi connectivity index (χ2n) is 7.90. The minimum atomic E-state index is -0.311. The van der Waals surface area contributed by atoms with E-state index in [0.29, 0.717) is 25.3 Å². The van der Waals surface area contributed by atoms with Crippen molar-refractivity contribution < 1.29 is 19.4 Å². The molecule has 1 amide bonds. The van der Waals surface area contributed by atoms with E-state index in [2.05, 4.69) is 17.9 Å². The van der Waals surface area contributed by atoms with Gasteiger partial charge in [0.2, 0.25) is 0 Å². The number of phenols is 1. The lowest BCUT2D eigenvalue weighted by Gasteiger charge is -2.37. The van der Waals surface area contributed by atoms with Gasteiger partial charge in [0.05, 0.1) is 5.41 Å². The Bertz CT molecular complexity index is 789. The first-order valence-corrected chi connectivity index (χ1v) is 10.4. The molecule has 1 aliphatic carbocycles. The molecule has 0 saturated carbocycles. The largest absolute Gasteiger partial charge is 0.504 e. The van der Waals surface area contributed by atoms with Crippen molar-refractivity contribution in [2.24, 2.45) is 0 Å². The van der Waals surface area contributed by atoms with Crippen LogP contribution in [0.2, 0.25) is 0 Å². The van der Waals surface area contributed by atoms with Gasteiger partial charge in [-0.3, -0.25) is 4.90 Å². The van der Waals surface area contributed by atoms with Crippen molar-refractivity contribution in [1.29, 1.82) is 0 Å². The number of carbonyl (C=O) groups excluding carboxylic acids is 1. The van der Waals surface area contributed by atoms with Gasteiger partial charge in [0.15, 0.2) is 11.5 Å². The third-order valence-corrected chi connectivity index (χ3v) is 6.53. The quantitative estimate of drug-likeness (QED) is 0.804. The highest BCUT2D eigenvalue weighted by molar-refractivity contribution is 5.68. The molecule has 4 rings (SSSR count). The monoisotopic (exact) mass is 386 g/mol. The number of benzene rings is 1. The highest BCUT2D eigenvalue weighted by Crippen LogP contribution is 2.55. The maximum Gasteiger partial charge on any atom is 0.410 e. The van der Waals surface area contributed by atoms with E-state index in [9.17, 15) is 9.90 Å². The van der Waals surface area contributed by atoms with Gasteiger partial charge in [-0.1, -0.05) is 19.1 Å². The van der Waals surface area contributed by atoms with E-state index < -0.39 is 0 Å². The van der Waals surface area contributed by atoms with Gasteiger partial charge in [-0.15, -0.1) is 0 Å². The number of hydrogen-bond acceptors (Lipinski definition) is 5. The van der Waals surface area contributed by atoms with Crippen molar-refractivity contribution in [3.05, 3.63) is 35.4 Å². The second-order valence-corrected chi connectivity index (χ2v) is 7.90. The molecular formula is C22H30N2O4. The van der Waals surface area contributed by atoms with Gasteiger partial charge >= 0.3 is 6.09 Å². The average Bonchev–Trinajstić information content (AvgIpc) is 2.94. The van der Waals surface area contributed by atoms with Crippen LogP contribution in [-0.4, -0.2) is 59.4 Å². The molecule has 2 aliphatic heterocycles. The molecule has 1 aromatic carbocycles. The summed E-state index contributed by atoms with van der Waals surface area (Å²) in [5, 5.41) is 10.4. The zero-order valence-electron chi connectivity index (χ0n) is 17.0. The van der Waals surface area contributed by atoms with Crippen LogP contribution in [0.1, 0.15) is 44.7 Å². The Kier molecular flexibility index (Phi) is 5.00. The maximum absolute atomic E-state index is 12.4. The molecule has 28 heavy (non-hydrogen) atoms. The van der Waals surface area contributed by atoms with E-state index in [-0.39, 0.29) is 29.5 Å². The van der Waals surface area contributed by atoms with Gasteiger partial charge in [-0.2, -0.15) is 0 Å². The van der Waals surface area contributed by atoms with Gasteiger partial charge in [-0.25, -0.2) is 4.79 Å². The minimum absolute atomic E-state index is 0.133. The van der Waals surface area contributed by atoms with Gasteiger partial charge in [0.25, 0.3) is 0 Å². The lowest BCUT2D eigenvalue weighted by atomic mass is 9.69. The number of carbonyl (C=O) groups is 1. The molecule has 1 spiro atoms. The van der Waals surface area contributed by atoms with Crippen LogP contribution in [0.5, 0.6) is 11.5 Å². The molecule has 0 fully saturated rings. The van der Waals surface area contributed by atoms with Crippen LogP contribution in [0.3, 0.4) is 0 Å². The lowest BCUT2D eigenvalue weighted by molar-refractivity contribution is 0.0427. The number of phenolic OH excluding ortho intramolecular Hbond substituents is 1. The first-order chi connectivity index (χ1) is 13.5. The predicted octanol–water partition coefficient (Wildman–Crippen LogP) is 3.42. The number of rotatable bonds is 4. The summed E-state index contributed by atoms with van der Waals surface area (Å²) in [7, 11) is 0. The van der Waals surface area contributed by atoms with E-state index in [1.165, 1.54) is 5.56 Å². The van der Waals surface area contributed by atoms with E-state index in [0.717, 1.165) is 31.6 Å². The fourth-order valence-corrected chi connectivity index (χ4v) is 4.88. The average molecular weight is 386 g/mol. The second kappa shape index (κ2) is 7.32. The summed E-state index contributed by atoms with van der Waals surface area (Å²) in [6, 6.07) is 3.76. The molecule has 0 saturated heterocycles. The van der Waals surface area contributed by atoms with Gasteiger partial charge < -0.3 is 19.5 Å². The van der Waals surface area contributed by atoms with Crippen LogP contribution in [0.15, 0.2) is 24.3 Å². The molecule has 0 unspecified atom stereocenters. The van der Waals surface area contributed by atoms with Crippen LogP contribution in [-0.2, 0) is 16.7 Å². The van der Waals surface area contributed by atoms with Gasteiger partial charge in [0, 0.05) is 31.6 Å². The van der Waals surface area contributed by atoms with Crippen molar-refractivity contribution in [2.75, 3.05) is 26.2 Å². The standard InChI is InChI=1S/C22H30N2O4/c1-4-23-12-11-22-10-9-16(27-21(26)24(5-2)6-3)13-18(22)28-20-17(25)8-7-15(14-23)19(20)22/h7-10,16,18,25H,4-6,11-14H2,1-3H3/t16-,18-,22-/m0/s1. The molecule has 3 aliphatic rings. The van der Waals surface area contributed by atoms with Crippen molar-refractivity contribution in [2.45, 2.75) is 57.8 Å². The normalized spacial score (nSPS) is 28.1. The minimum Gasteiger partial charge on any atom is -0.504 e.